The smallest absolute Gasteiger partial charge is 0.266 e. The lowest BCUT2D eigenvalue weighted by molar-refractivity contribution is 0.1000. The van der Waals surface area contributed by atoms with Crippen LogP contribution in [0.5, 0.6) is 0 Å². The average molecular weight is 517 g/mol. The predicted octanol–water partition coefficient (Wildman–Crippen LogP) is 7.36. The van der Waals surface area contributed by atoms with Crippen LogP contribution < -0.4 is 11.1 Å². The van der Waals surface area contributed by atoms with Crippen molar-refractivity contribution < 1.29 is 9.59 Å². The van der Waals surface area contributed by atoms with E-state index in [0.717, 1.165) is 46.0 Å². The molecule has 4 aromatic rings. The Balaban J connectivity index is 1.51. The van der Waals surface area contributed by atoms with Gasteiger partial charge in [0, 0.05) is 9.58 Å². The summed E-state index contributed by atoms with van der Waals surface area (Å²) in [5.74, 6) is -0.100. The van der Waals surface area contributed by atoms with Crippen LogP contribution in [0.15, 0.2) is 48.5 Å². The number of carbonyl (C=O) groups excluding carboxylic acids is 2. The van der Waals surface area contributed by atoms with Gasteiger partial charge in [-0.25, -0.2) is 0 Å². The van der Waals surface area contributed by atoms with E-state index < -0.39 is 5.91 Å². The van der Waals surface area contributed by atoms with Crippen molar-refractivity contribution in [1.82, 2.24) is 0 Å². The zero-order valence-electron chi connectivity index (χ0n) is 21.2. The van der Waals surface area contributed by atoms with E-state index in [1.54, 1.807) is 0 Å². The fourth-order valence-corrected chi connectivity index (χ4v) is 7.65. The van der Waals surface area contributed by atoms with Crippen LogP contribution in [0.2, 0.25) is 0 Å². The number of primary amides is 1. The summed E-state index contributed by atoms with van der Waals surface area (Å²) in [5, 5.41) is 4.79. The third-order valence-corrected chi connectivity index (χ3v) is 9.75. The Hall–Kier alpha value is -2.96. The first-order chi connectivity index (χ1) is 17.1. The van der Waals surface area contributed by atoms with Gasteiger partial charge in [0.05, 0.1) is 10.4 Å². The summed E-state index contributed by atoms with van der Waals surface area (Å²) in [4.78, 5) is 28.1. The van der Waals surface area contributed by atoms with Crippen molar-refractivity contribution >= 4 is 49.6 Å². The molecule has 6 heteroatoms. The molecular weight excluding hydrogens is 484 g/mol. The molecule has 0 spiro atoms. The first kappa shape index (κ1) is 24.7. The number of benzene rings is 2. The molecule has 186 valence electrons. The second-order valence-corrected chi connectivity index (χ2v) is 13.1. The molecule has 0 bridgehead atoms. The van der Waals surface area contributed by atoms with Gasteiger partial charge in [-0.1, -0.05) is 68.8 Å². The molecule has 3 N–H and O–H groups in total. The Morgan fingerprint density at radius 2 is 1.78 bits per heavy atom. The lowest BCUT2D eigenvalue weighted by atomic mass is 9.72. The molecule has 0 fully saturated rings. The number of thiophene rings is 2. The lowest BCUT2D eigenvalue weighted by Crippen LogP contribution is -2.27. The van der Waals surface area contributed by atoms with Gasteiger partial charge in [-0.15, -0.1) is 22.7 Å². The van der Waals surface area contributed by atoms with Crippen molar-refractivity contribution in [2.24, 2.45) is 17.1 Å². The molecule has 1 unspecified atom stereocenters. The number of hydrogen-bond donors (Lipinski definition) is 2. The highest BCUT2D eigenvalue weighted by Crippen LogP contribution is 2.44. The largest absolute Gasteiger partial charge is 0.365 e. The maximum Gasteiger partial charge on any atom is 0.266 e. The van der Waals surface area contributed by atoms with Gasteiger partial charge in [-0.3, -0.25) is 9.59 Å². The van der Waals surface area contributed by atoms with Crippen LogP contribution in [0.4, 0.5) is 5.00 Å². The Labute approximate surface area is 220 Å². The van der Waals surface area contributed by atoms with Crippen LogP contribution >= 0.6 is 22.7 Å². The molecule has 2 aromatic carbocycles. The van der Waals surface area contributed by atoms with Crippen molar-refractivity contribution in [1.29, 1.82) is 0 Å². The number of aryl methyl sites for hydroxylation is 1. The summed E-state index contributed by atoms with van der Waals surface area (Å²) < 4.78 is 1.08. The zero-order chi connectivity index (χ0) is 25.6. The topological polar surface area (TPSA) is 72.2 Å². The molecule has 36 heavy (non-hydrogen) atoms. The minimum Gasteiger partial charge on any atom is -0.365 e. The monoisotopic (exact) mass is 516 g/mol. The molecule has 0 aliphatic heterocycles. The molecule has 2 heterocycles. The Bertz CT molecular complexity index is 1450. The van der Waals surface area contributed by atoms with E-state index in [1.165, 1.54) is 33.1 Å². The number of anilines is 1. The normalized spacial score (nSPS) is 15.6. The second-order valence-electron chi connectivity index (χ2n) is 10.9. The molecule has 0 radical (unpaired) electrons. The highest BCUT2D eigenvalue weighted by Gasteiger charge is 2.34. The predicted molar refractivity (Wildman–Crippen MR) is 152 cm³/mol. The van der Waals surface area contributed by atoms with Gasteiger partial charge in [0.25, 0.3) is 11.8 Å². The maximum absolute atomic E-state index is 13.7. The highest BCUT2D eigenvalue weighted by atomic mass is 32.1. The van der Waals surface area contributed by atoms with Crippen LogP contribution in [0.3, 0.4) is 0 Å². The fourth-order valence-electron chi connectivity index (χ4n) is 5.20. The van der Waals surface area contributed by atoms with Crippen molar-refractivity contribution in [2.75, 3.05) is 5.32 Å². The summed E-state index contributed by atoms with van der Waals surface area (Å²) in [6, 6.07) is 16.6. The minimum atomic E-state index is -0.465. The van der Waals surface area contributed by atoms with E-state index in [1.807, 2.05) is 12.1 Å². The summed E-state index contributed by atoms with van der Waals surface area (Å²) in [7, 11) is 0. The highest BCUT2D eigenvalue weighted by molar-refractivity contribution is 7.21. The number of nitrogens with one attached hydrogen (secondary N) is 1. The molecule has 2 amide bonds. The van der Waals surface area contributed by atoms with Gasteiger partial charge in [-0.2, -0.15) is 0 Å². The average Bonchev–Trinajstić information content (AvgIpc) is 3.37. The van der Waals surface area contributed by atoms with Gasteiger partial charge < -0.3 is 11.1 Å². The van der Waals surface area contributed by atoms with Crippen LogP contribution in [0.1, 0.15) is 74.4 Å². The molecule has 2 aromatic heterocycles. The second kappa shape index (κ2) is 9.49. The van der Waals surface area contributed by atoms with Crippen molar-refractivity contribution in [3.8, 4) is 0 Å². The number of nitrogens with two attached hydrogens (primary N) is 1. The van der Waals surface area contributed by atoms with Gasteiger partial charge in [0.2, 0.25) is 0 Å². The fraction of sp³-hybridized carbons (Fsp3) is 0.333. The summed E-state index contributed by atoms with van der Waals surface area (Å²) in [6.45, 7) is 8.88. The Morgan fingerprint density at radius 3 is 2.47 bits per heavy atom. The Kier molecular flexibility index (Phi) is 6.52. The summed E-state index contributed by atoms with van der Waals surface area (Å²) >= 11 is 3.03. The molecule has 0 saturated heterocycles. The van der Waals surface area contributed by atoms with Gasteiger partial charge in [-0.05, 0) is 72.1 Å². The molecular formula is C30H32N2O2S2. The molecule has 5 rings (SSSR count). The van der Waals surface area contributed by atoms with E-state index in [4.69, 9.17) is 5.73 Å². The van der Waals surface area contributed by atoms with Gasteiger partial charge >= 0.3 is 0 Å². The van der Waals surface area contributed by atoms with E-state index >= 15 is 0 Å². The molecule has 1 aliphatic rings. The van der Waals surface area contributed by atoms with E-state index in [-0.39, 0.29) is 11.3 Å². The van der Waals surface area contributed by atoms with Crippen LogP contribution in [-0.2, 0) is 19.3 Å². The van der Waals surface area contributed by atoms with Crippen molar-refractivity contribution in [3.05, 3.63) is 86.1 Å². The summed E-state index contributed by atoms with van der Waals surface area (Å²) in [6.07, 6.45) is 3.44. The number of amides is 2. The molecule has 1 atom stereocenters. The number of rotatable bonds is 5. The first-order valence-electron chi connectivity index (χ1n) is 12.4. The van der Waals surface area contributed by atoms with Crippen molar-refractivity contribution in [3.63, 3.8) is 0 Å². The number of hydrogen-bond acceptors (Lipinski definition) is 4. The third-order valence-electron chi connectivity index (χ3n) is 7.37. The van der Waals surface area contributed by atoms with Crippen LogP contribution in [0, 0.1) is 18.3 Å². The van der Waals surface area contributed by atoms with E-state index in [9.17, 15) is 9.59 Å². The van der Waals surface area contributed by atoms with E-state index in [2.05, 4.69) is 69.4 Å². The first-order valence-corrected chi connectivity index (χ1v) is 14.1. The van der Waals surface area contributed by atoms with Crippen LogP contribution in [-0.4, -0.2) is 11.8 Å². The quantitative estimate of drug-likeness (QED) is 0.291. The zero-order valence-corrected chi connectivity index (χ0v) is 22.9. The number of fused-ring (bicyclic) bond motifs is 2. The lowest BCUT2D eigenvalue weighted by Gasteiger charge is -2.33. The number of carbonyl (C=O) groups is 2. The van der Waals surface area contributed by atoms with Gasteiger partial charge in [0.1, 0.15) is 5.00 Å². The SMILES string of the molecule is Cc1ccc(Cc2c(C(=O)Nc3sc4c(c3C(N)=O)CCC(C(C)(C)C)C4)sc3ccccc23)cc1. The maximum atomic E-state index is 13.7. The summed E-state index contributed by atoms with van der Waals surface area (Å²) in [5.41, 5.74) is 11.0. The van der Waals surface area contributed by atoms with Crippen molar-refractivity contribution in [2.45, 2.75) is 53.4 Å². The molecule has 0 saturated carbocycles. The standard InChI is InChI=1S/C30H32N2O2S2/c1-17-9-11-18(12-10-17)15-22-20-7-5-6-8-23(20)35-26(22)28(34)32-29-25(27(31)33)21-14-13-19(30(2,3)4)16-24(21)36-29/h5-12,19H,13-16H2,1-4H3,(H2,31,33)(H,32,34). The third kappa shape index (κ3) is 4.72. The van der Waals surface area contributed by atoms with Gasteiger partial charge in [0.15, 0.2) is 0 Å². The Morgan fingerprint density at radius 1 is 1.06 bits per heavy atom. The van der Waals surface area contributed by atoms with E-state index in [0.29, 0.717) is 27.8 Å². The molecule has 1 aliphatic carbocycles. The van der Waals surface area contributed by atoms with Crippen LogP contribution in [0.25, 0.3) is 10.1 Å². The minimum absolute atomic E-state index is 0.174. The molecule has 4 nitrogen and oxygen atoms in total.